The molecule has 2 N–H and O–H groups in total. The fourth-order valence-corrected chi connectivity index (χ4v) is 1.83. The van der Waals surface area contributed by atoms with Crippen molar-refractivity contribution >= 4 is 11.9 Å². The van der Waals surface area contributed by atoms with Gasteiger partial charge in [-0.1, -0.05) is 12.1 Å². The Kier molecular flexibility index (Phi) is 6.03. The van der Waals surface area contributed by atoms with E-state index in [-0.39, 0.29) is 30.9 Å². The van der Waals surface area contributed by atoms with Crippen LogP contribution in [-0.4, -0.2) is 29.1 Å². The number of hydrogen-bond acceptors (Lipinski definition) is 3. The maximum absolute atomic E-state index is 11.8. The highest BCUT2D eigenvalue weighted by Gasteiger charge is 2.11. The van der Waals surface area contributed by atoms with Gasteiger partial charge in [0.05, 0.1) is 18.9 Å². The lowest BCUT2D eigenvalue weighted by Gasteiger charge is -2.13. The average molecular weight is 279 g/mol. The predicted molar refractivity (Wildman–Crippen MR) is 75.8 cm³/mol. The van der Waals surface area contributed by atoms with Crippen LogP contribution in [0.5, 0.6) is 5.75 Å². The van der Waals surface area contributed by atoms with Crippen molar-refractivity contribution in [3.8, 4) is 5.75 Å². The van der Waals surface area contributed by atoms with Gasteiger partial charge in [-0.05, 0) is 38.5 Å². The summed E-state index contributed by atoms with van der Waals surface area (Å²) in [5.41, 5.74) is 0.836. The molecule has 1 amide bonds. The first-order valence-electron chi connectivity index (χ1n) is 6.63. The summed E-state index contributed by atoms with van der Waals surface area (Å²) in [6, 6.07) is 6.96. The Morgan fingerprint density at radius 1 is 1.30 bits per heavy atom. The molecule has 1 unspecified atom stereocenters. The van der Waals surface area contributed by atoms with Crippen molar-refractivity contribution in [1.29, 1.82) is 0 Å². The fourth-order valence-electron chi connectivity index (χ4n) is 1.83. The number of amides is 1. The number of benzene rings is 1. The van der Waals surface area contributed by atoms with Crippen molar-refractivity contribution in [2.75, 3.05) is 0 Å². The molecule has 1 aromatic carbocycles. The zero-order chi connectivity index (χ0) is 15.1. The van der Waals surface area contributed by atoms with E-state index in [4.69, 9.17) is 9.84 Å². The summed E-state index contributed by atoms with van der Waals surface area (Å²) < 4.78 is 5.56. The Bertz CT molecular complexity index is 471. The number of hydrogen-bond donors (Lipinski definition) is 2. The monoisotopic (exact) mass is 279 g/mol. The lowest BCUT2D eigenvalue weighted by Crippen LogP contribution is -2.35. The molecule has 5 heteroatoms. The zero-order valence-corrected chi connectivity index (χ0v) is 12.1. The molecular formula is C15H21NO4. The zero-order valence-electron chi connectivity index (χ0n) is 12.1. The number of carbonyl (C=O) groups excluding carboxylic acids is 1. The van der Waals surface area contributed by atoms with Crippen molar-refractivity contribution < 1.29 is 19.4 Å². The van der Waals surface area contributed by atoms with Gasteiger partial charge in [-0.3, -0.25) is 9.59 Å². The van der Waals surface area contributed by atoms with Crippen LogP contribution in [0.15, 0.2) is 24.3 Å². The summed E-state index contributed by atoms with van der Waals surface area (Å²) >= 11 is 0. The minimum absolute atomic E-state index is 0.0784. The summed E-state index contributed by atoms with van der Waals surface area (Å²) in [5, 5.41) is 11.3. The van der Waals surface area contributed by atoms with Crippen LogP contribution in [0.25, 0.3) is 0 Å². The first-order chi connectivity index (χ1) is 9.36. The molecule has 1 aromatic rings. The molecule has 0 saturated heterocycles. The molecule has 0 aliphatic rings. The Morgan fingerprint density at radius 3 is 2.60 bits per heavy atom. The van der Waals surface area contributed by atoms with Crippen LogP contribution in [0.2, 0.25) is 0 Å². The van der Waals surface area contributed by atoms with Gasteiger partial charge in [0, 0.05) is 6.04 Å². The van der Waals surface area contributed by atoms with Crippen LogP contribution in [0, 0.1) is 0 Å². The molecule has 20 heavy (non-hydrogen) atoms. The highest BCUT2D eigenvalue weighted by molar-refractivity contribution is 5.79. The Hall–Kier alpha value is -2.04. The Morgan fingerprint density at radius 2 is 2.00 bits per heavy atom. The third-order valence-electron chi connectivity index (χ3n) is 2.52. The van der Waals surface area contributed by atoms with Crippen LogP contribution in [0.4, 0.5) is 0 Å². The Balaban J connectivity index is 2.55. The quantitative estimate of drug-likeness (QED) is 0.800. The molecule has 0 heterocycles. The molecule has 1 atom stereocenters. The van der Waals surface area contributed by atoms with E-state index in [1.165, 1.54) is 0 Å². The van der Waals surface area contributed by atoms with E-state index in [9.17, 15) is 9.59 Å². The molecule has 0 spiro atoms. The van der Waals surface area contributed by atoms with Gasteiger partial charge < -0.3 is 15.2 Å². The van der Waals surface area contributed by atoms with Crippen molar-refractivity contribution in [3.05, 3.63) is 29.8 Å². The molecule has 110 valence electrons. The molecule has 0 aromatic heterocycles. The number of ether oxygens (including phenoxy) is 1. The summed E-state index contributed by atoms with van der Waals surface area (Å²) in [6.45, 7) is 5.55. The van der Waals surface area contributed by atoms with E-state index < -0.39 is 5.97 Å². The van der Waals surface area contributed by atoms with E-state index in [0.717, 1.165) is 11.3 Å². The van der Waals surface area contributed by atoms with Crippen molar-refractivity contribution in [1.82, 2.24) is 5.32 Å². The number of rotatable bonds is 7. The van der Waals surface area contributed by atoms with Crippen LogP contribution in [0.1, 0.15) is 32.8 Å². The number of aliphatic carboxylic acids is 1. The highest BCUT2D eigenvalue weighted by Crippen LogP contribution is 2.15. The number of nitrogens with one attached hydrogen (secondary N) is 1. The van der Waals surface area contributed by atoms with Gasteiger partial charge in [-0.2, -0.15) is 0 Å². The molecule has 1 rings (SSSR count). The maximum Gasteiger partial charge on any atom is 0.305 e. The molecule has 0 bridgehead atoms. The minimum atomic E-state index is -0.926. The lowest BCUT2D eigenvalue weighted by atomic mass is 10.1. The maximum atomic E-state index is 11.8. The average Bonchev–Trinajstić information content (AvgIpc) is 2.26. The van der Waals surface area contributed by atoms with Gasteiger partial charge in [-0.15, -0.1) is 0 Å². The van der Waals surface area contributed by atoms with E-state index >= 15 is 0 Å². The predicted octanol–water partition coefficient (Wildman–Crippen LogP) is 2.00. The number of carboxylic acids is 1. The first-order valence-corrected chi connectivity index (χ1v) is 6.63. The van der Waals surface area contributed by atoms with Crippen LogP contribution in [-0.2, 0) is 16.0 Å². The minimum Gasteiger partial charge on any atom is -0.491 e. The molecule has 5 nitrogen and oxygen atoms in total. The molecular weight excluding hydrogens is 258 g/mol. The van der Waals surface area contributed by atoms with E-state index in [0.29, 0.717) is 0 Å². The van der Waals surface area contributed by atoms with Gasteiger partial charge in [-0.25, -0.2) is 0 Å². The summed E-state index contributed by atoms with van der Waals surface area (Å²) in [6.07, 6.45) is 0.205. The van der Waals surface area contributed by atoms with Gasteiger partial charge in [0.15, 0.2) is 0 Å². The summed E-state index contributed by atoms with van der Waals surface area (Å²) in [4.78, 5) is 22.3. The smallest absolute Gasteiger partial charge is 0.305 e. The second-order valence-corrected chi connectivity index (χ2v) is 5.06. The van der Waals surface area contributed by atoms with Crippen molar-refractivity contribution in [3.63, 3.8) is 0 Å². The van der Waals surface area contributed by atoms with E-state index in [1.807, 2.05) is 38.1 Å². The standard InChI is InChI=1S/C15H21NO4/c1-10(2)20-13-6-4-5-12(8-13)9-14(17)16-11(3)7-15(18)19/h4-6,8,10-11H,7,9H2,1-3H3,(H,16,17)(H,18,19). The van der Waals surface area contributed by atoms with Crippen LogP contribution in [0.3, 0.4) is 0 Å². The third kappa shape index (κ3) is 6.22. The SMILES string of the molecule is CC(CC(=O)O)NC(=O)Cc1cccc(OC(C)C)c1. The molecule has 0 radical (unpaired) electrons. The number of carbonyl (C=O) groups is 2. The van der Waals surface area contributed by atoms with Crippen molar-refractivity contribution in [2.45, 2.75) is 45.8 Å². The van der Waals surface area contributed by atoms with Crippen molar-refractivity contribution in [2.24, 2.45) is 0 Å². The summed E-state index contributed by atoms with van der Waals surface area (Å²) in [5.74, 6) is -0.394. The lowest BCUT2D eigenvalue weighted by molar-refractivity contribution is -0.137. The summed E-state index contributed by atoms with van der Waals surface area (Å²) in [7, 11) is 0. The topological polar surface area (TPSA) is 75.6 Å². The molecule has 0 saturated carbocycles. The van der Waals surface area contributed by atoms with E-state index in [2.05, 4.69) is 5.32 Å². The molecule has 0 aliphatic carbocycles. The fraction of sp³-hybridized carbons (Fsp3) is 0.467. The molecule has 0 fully saturated rings. The van der Waals surface area contributed by atoms with Gasteiger partial charge in [0.2, 0.25) is 5.91 Å². The third-order valence-corrected chi connectivity index (χ3v) is 2.52. The van der Waals surface area contributed by atoms with Gasteiger partial charge in [0.25, 0.3) is 0 Å². The normalized spacial score (nSPS) is 12.0. The first kappa shape index (κ1) is 16.0. The second-order valence-electron chi connectivity index (χ2n) is 5.06. The molecule has 0 aliphatic heterocycles. The highest BCUT2D eigenvalue weighted by atomic mass is 16.5. The Labute approximate surface area is 118 Å². The van der Waals surface area contributed by atoms with Crippen LogP contribution >= 0.6 is 0 Å². The number of carboxylic acid groups (broad SMARTS) is 1. The van der Waals surface area contributed by atoms with Gasteiger partial charge >= 0.3 is 5.97 Å². The van der Waals surface area contributed by atoms with Crippen LogP contribution < -0.4 is 10.1 Å². The second kappa shape index (κ2) is 7.53. The van der Waals surface area contributed by atoms with Gasteiger partial charge in [0.1, 0.15) is 5.75 Å². The largest absolute Gasteiger partial charge is 0.491 e. The van der Waals surface area contributed by atoms with E-state index in [1.54, 1.807) is 6.92 Å².